The lowest BCUT2D eigenvalue weighted by molar-refractivity contribution is -0.121. The molecular formula is C14H19NO2. The molecule has 17 heavy (non-hydrogen) atoms. The van der Waals surface area contributed by atoms with Gasteiger partial charge in [0.15, 0.2) is 5.78 Å². The van der Waals surface area contributed by atoms with Gasteiger partial charge in [-0.3, -0.25) is 9.59 Å². The normalized spacial score (nSPS) is 10.0. The SMILES string of the molecule is CCCNC(=O)CCC(=O)c1ccc(C)cc1. The van der Waals surface area contributed by atoms with Crippen LogP contribution in [-0.2, 0) is 4.79 Å². The molecule has 92 valence electrons. The van der Waals surface area contributed by atoms with Crippen LogP contribution in [0.5, 0.6) is 0 Å². The molecule has 0 fully saturated rings. The molecule has 0 saturated heterocycles. The van der Waals surface area contributed by atoms with Gasteiger partial charge in [-0.15, -0.1) is 0 Å². The van der Waals surface area contributed by atoms with E-state index in [9.17, 15) is 9.59 Å². The molecule has 0 heterocycles. The molecule has 0 aromatic heterocycles. The van der Waals surface area contributed by atoms with Crippen LogP contribution in [0.2, 0.25) is 0 Å². The summed E-state index contributed by atoms with van der Waals surface area (Å²) in [6, 6.07) is 7.43. The largest absolute Gasteiger partial charge is 0.356 e. The first-order chi connectivity index (χ1) is 8.13. The van der Waals surface area contributed by atoms with Gasteiger partial charge in [-0.05, 0) is 13.3 Å². The first kappa shape index (κ1) is 13.4. The fraction of sp³-hybridized carbons (Fsp3) is 0.429. The zero-order chi connectivity index (χ0) is 12.7. The lowest BCUT2D eigenvalue weighted by Gasteiger charge is -2.03. The van der Waals surface area contributed by atoms with E-state index in [0.717, 1.165) is 12.0 Å². The van der Waals surface area contributed by atoms with E-state index in [1.807, 2.05) is 38.1 Å². The number of carbonyl (C=O) groups excluding carboxylic acids is 2. The van der Waals surface area contributed by atoms with E-state index in [4.69, 9.17) is 0 Å². The van der Waals surface area contributed by atoms with Crippen molar-refractivity contribution in [1.29, 1.82) is 0 Å². The van der Waals surface area contributed by atoms with Crippen molar-refractivity contribution in [1.82, 2.24) is 5.32 Å². The van der Waals surface area contributed by atoms with Gasteiger partial charge in [0.1, 0.15) is 0 Å². The Morgan fingerprint density at radius 1 is 1.12 bits per heavy atom. The highest BCUT2D eigenvalue weighted by atomic mass is 16.2. The molecule has 3 heteroatoms. The third-order valence-electron chi connectivity index (χ3n) is 2.52. The monoisotopic (exact) mass is 233 g/mol. The number of ketones is 1. The van der Waals surface area contributed by atoms with E-state index >= 15 is 0 Å². The van der Waals surface area contributed by atoms with Crippen molar-refractivity contribution < 1.29 is 9.59 Å². The Bertz CT molecular complexity index is 382. The average molecular weight is 233 g/mol. The molecule has 1 aromatic carbocycles. The van der Waals surface area contributed by atoms with Crippen LogP contribution in [0.3, 0.4) is 0 Å². The number of aryl methyl sites for hydroxylation is 1. The second-order valence-corrected chi connectivity index (χ2v) is 4.14. The minimum absolute atomic E-state index is 0.0247. The van der Waals surface area contributed by atoms with Gasteiger partial charge in [-0.25, -0.2) is 0 Å². The summed E-state index contributed by atoms with van der Waals surface area (Å²) in [5.74, 6) is -0.0241. The Morgan fingerprint density at radius 2 is 1.76 bits per heavy atom. The van der Waals surface area contributed by atoms with Gasteiger partial charge in [0.2, 0.25) is 5.91 Å². The first-order valence-corrected chi connectivity index (χ1v) is 6.00. The maximum atomic E-state index is 11.8. The van der Waals surface area contributed by atoms with E-state index in [2.05, 4.69) is 5.32 Å². The quantitative estimate of drug-likeness (QED) is 0.767. The van der Waals surface area contributed by atoms with Crippen LogP contribution in [0.15, 0.2) is 24.3 Å². The lowest BCUT2D eigenvalue weighted by atomic mass is 10.1. The number of carbonyl (C=O) groups is 2. The van der Waals surface area contributed by atoms with Gasteiger partial charge >= 0.3 is 0 Å². The molecule has 1 rings (SSSR count). The first-order valence-electron chi connectivity index (χ1n) is 6.00. The van der Waals surface area contributed by atoms with Crippen molar-refractivity contribution in [3.05, 3.63) is 35.4 Å². The Labute approximate surface area is 102 Å². The molecule has 0 saturated carbocycles. The minimum Gasteiger partial charge on any atom is -0.356 e. The summed E-state index contributed by atoms with van der Waals surface area (Å²) < 4.78 is 0. The number of Topliss-reactive ketones (excluding diaryl/α,β-unsaturated/α-hetero) is 1. The summed E-state index contributed by atoms with van der Waals surface area (Å²) in [6.07, 6.45) is 1.46. The smallest absolute Gasteiger partial charge is 0.220 e. The van der Waals surface area contributed by atoms with Crippen molar-refractivity contribution in [3.63, 3.8) is 0 Å². The topological polar surface area (TPSA) is 46.2 Å². The predicted molar refractivity (Wildman–Crippen MR) is 68.0 cm³/mol. The molecular weight excluding hydrogens is 214 g/mol. The number of hydrogen-bond acceptors (Lipinski definition) is 2. The van der Waals surface area contributed by atoms with Crippen LogP contribution in [-0.4, -0.2) is 18.2 Å². The van der Waals surface area contributed by atoms with E-state index in [-0.39, 0.29) is 24.5 Å². The molecule has 1 aromatic rings. The molecule has 0 aliphatic rings. The Hall–Kier alpha value is -1.64. The molecule has 0 aliphatic heterocycles. The van der Waals surface area contributed by atoms with Gasteiger partial charge < -0.3 is 5.32 Å². The van der Waals surface area contributed by atoms with Crippen LogP contribution < -0.4 is 5.32 Å². The Balaban J connectivity index is 2.39. The highest BCUT2D eigenvalue weighted by Gasteiger charge is 2.08. The van der Waals surface area contributed by atoms with Crippen LogP contribution in [0.4, 0.5) is 0 Å². The highest BCUT2D eigenvalue weighted by molar-refractivity contribution is 5.97. The summed E-state index contributed by atoms with van der Waals surface area (Å²) in [4.78, 5) is 23.1. The minimum atomic E-state index is -0.0488. The maximum absolute atomic E-state index is 11.8. The third kappa shape index (κ3) is 4.81. The van der Waals surface area contributed by atoms with Gasteiger partial charge in [0.25, 0.3) is 0 Å². The van der Waals surface area contributed by atoms with Gasteiger partial charge in [0, 0.05) is 24.9 Å². The predicted octanol–water partition coefficient (Wildman–Crippen LogP) is 2.48. The van der Waals surface area contributed by atoms with E-state index < -0.39 is 0 Å². The van der Waals surface area contributed by atoms with Gasteiger partial charge in [-0.2, -0.15) is 0 Å². The second-order valence-electron chi connectivity index (χ2n) is 4.14. The number of nitrogens with one attached hydrogen (secondary N) is 1. The van der Waals surface area contributed by atoms with E-state index in [1.54, 1.807) is 0 Å². The third-order valence-corrected chi connectivity index (χ3v) is 2.52. The highest BCUT2D eigenvalue weighted by Crippen LogP contribution is 2.07. The van der Waals surface area contributed by atoms with Gasteiger partial charge in [0.05, 0.1) is 0 Å². The van der Waals surface area contributed by atoms with Crippen molar-refractivity contribution in [2.75, 3.05) is 6.54 Å². The zero-order valence-corrected chi connectivity index (χ0v) is 10.5. The standard InChI is InChI=1S/C14H19NO2/c1-3-10-15-14(17)9-8-13(16)12-6-4-11(2)5-7-12/h4-7H,3,8-10H2,1-2H3,(H,15,17). The average Bonchev–Trinajstić information content (AvgIpc) is 2.34. The number of hydrogen-bond donors (Lipinski definition) is 1. The molecule has 0 bridgehead atoms. The maximum Gasteiger partial charge on any atom is 0.220 e. The van der Waals surface area contributed by atoms with Crippen LogP contribution in [0.25, 0.3) is 0 Å². The zero-order valence-electron chi connectivity index (χ0n) is 10.5. The fourth-order valence-electron chi connectivity index (χ4n) is 1.46. The second kappa shape index (κ2) is 6.84. The molecule has 0 atom stereocenters. The lowest BCUT2D eigenvalue weighted by Crippen LogP contribution is -2.24. The molecule has 3 nitrogen and oxygen atoms in total. The molecule has 0 unspecified atom stereocenters. The summed E-state index contributed by atoms with van der Waals surface area (Å²) in [6.45, 7) is 4.65. The Kier molecular flexibility index (Phi) is 5.40. The molecule has 1 amide bonds. The van der Waals surface area contributed by atoms with Crippen LogP contribution in [0.1, 0.15) is 42.1 Å². The van der Waals surface area contributed by atoms with Crippen molar-refractivity contribution >= 4 is 11.7 Å². The molecule has 0 radical (unpaired) electrons. The van der Waals surface area contributed by atoms with Crippen molar-refractivity contribution in [3.8, 4) is 0 Å². The summed E-state index contributed by atoms with van der Waals surface area (Å²) in [5, 5.41) is 2.76. The fourth-order valence-corrected chi connectivity index (χ4v) is 1.46. The van der Waals surface area contributed by atoms with E-state index in [1.165, 1.54) is 0 Å². The number of rotatable bonds is 6. The van der Waals surface area contributed by atoms with Crippen molar-refractivity contribution in [2.24, 2.45) is 0 Å². The summed E-state index contributed by atoms with van der Waals surface area (Å²) in [7, 11) is 0. The number of benzene rings is 1. The summed E-state index contributed by atoms with van der Waals surface area (Å²) >= 11 is 0. The van der Waals surface area contributed by atoms with Gasteiger partial charge in [-0.1, -0.05) is 36.8 Å². The Morgan fingerprint density at radius 3 is 2.35 bits per heavy atom. The van der Waals surface area contributed by atoms with Crippen molar-refractivity contribution in [2.45, 2.75) is 33.1 Å². The van der Waals surface area contributed by atoms with E-state index in [0.29, 0.717) is 12.1 Å². The molecule has 1 N–H and O–H groups in total. The summed E-state index contributed by atoms with van der Waals surface area (Å²) in [5.41, 5.74) is 1.81. The molecule has 0 spiro atoms. The van der Waals surface area contributed by atoms with Crippen LogP contribution >= 0.6 is 0 Å². The molecule has 0 aliphatic carbocycles. The number of amides is 1. The van der Waals surface area contributed by atoms with Crippen LogP contribution in [0, 0.1) is 6.92 Å².